The summed E-state index contributed by atoms with van der Waals surface area (Å²) in [5, 5.41) is 4.57. The predicted octanol–water partition coefficient (Wildman–Crippen LogP) is 3.53. The summed E-state index contributed by atoms with van der Waals surface area (Å²) >= 11 is 0. The largest absolute Gasteiger partial charge is 0.459 e. The first-order valence-electron chi connectivity index (χ1n) is 6.50. The average Bonchev–Trinajstić information content (AvgIpc) is 2.89. The molecule has 96 valence electrons. The zero-order valence-electron chi connectivity index (χ0n) is 10.8. The Morgan fingerprint density at radius 2 is 2.11 bits per heavy atom. The molecule has 2 heterocycles. The van der Waals surface area contributed by atoms with Gasteiger partial charge < -0.3 is 9.73 Å². The van der Waals surface area contributed by atoms with E-state index in [4.69, 9.17) is 4.42 Å². The van der Waals surface area contributed by atoms with Gasteiger partial charge in [-0.3, -0.25) is 4.98 Å². The molecular weight excluding hydrogens is 236 g/mol. The first-order valence-corrected chi connectivity index (χ1v) is 6.50. The molecule has 19 heavy (non-hydrogen) atoms. The lowest BCUT2D eigenvalue weighted by Gasteiger charge is -2.15. The molecule has 1 aromatic carbocycles. The summed E-state index contributed by atoms with van der Waals surface area (Å²) < 4.78 is 5.95. The lowest BCUT2D eigenvalue weighted by atomic mass is 10.1. The lowest BCUT2D eigenvalue weighted by molar-refractivity contribution is 0.476. The van der Waals surface area contributed by atoms with Crippen molar-refractivity contribution < 1.29 is 4.42 Å². The molecule has 0 saturated heterocycles. The molecule has 0 aliphatic rings. The molecule has 3 aromatic rings. The van der Waals surface area contributed by atoms with E-state index in [2.05, 4.69) is 35.4 Å². The summed E-state index contributed by atoms with van der Waals surface area (Å²) in [6.07, 6.45) is 3.66. The van der Waals surface area contributed by atoms with E-state index in [1.165, 1.54) is 0 Å². The second kappa shape index (κ2) is 5.24. The van der Waals surface area contributed by atoms with E-state index in [-0.39, 0.29) is 6.04 Å². The molecule has 0 saturated carbocycles. The van der Waals surface area contributed by atoms with Gasteiger partial charge >= 0.3 is 0 Å². The SMILES string of the molecule is CCNC(c1cccnc1)c1cc2ccccc2o1. The molecule has 0 amide bonds. The number of nitrogens with one attached hydrogen (secondary N) is 1. The second-order valence-corrected chi connectivity index (χ2v) is 4.46. The minimum absolute atomic E-state index is 0.0473. The Kier molecular flexibility index (Phi) is 3.29. The molecule has 0 aliphatic heterocycles. The molecule has 0 spiro atoms. The Hall–Kier alpha value is -2.13. The first kappa shape index (κ1) is 11.9. The van der Waals surface area contributed by atoms with Crippen LogP contribution in [0.1, 0.15) is 24.3 Å². The third kappa shape index (κ3) is 2.37. The van der Waals surface area contributed by atoms with Crippen LogP contribution in [-0.4, -0.2) is 11.5 Å². The number of para-hydroxylation sites is 1. The maximum atomic E-state index is 5.95. The molecule has 2 aromatic heterocycles. The quantitative estimate of drug-likeness (QED) is 0.772. The van der Waals surface area contributed by atoms with E-state index in [1.807, 2.05) is 30.5 Å². The second-order valence-electron chi connectivity index (χ2n) is 4.46. The number of rotatable bonds is 4. The van der Waals surface area contributed by atoms with Gasteiger partial charge in [0.05, 0.1) is 6.04 Å². The number of aromatic nitrogens is 1. The predicted molar refractivity (Wildman–Crippen MR) is 76.0 cm³/mol. The minimum atomic E-state index is 0.0473. The zero-order chi connectivity index (χ0) is 13.1. The van der Waals surface area contributed by atoms with Crippen LogP contribution in [0.15, 0.2) is 59.3 Å². The molecule has 0 aliphatic carbocycles. The normalized spacial score (nSPS) is 12.7. The Morgan fingerprint density at radius 3 is 2.84 bits per heavy atom. The van der Waals surface area contributed by atoms with Gasteiger partial charge in [-0.25, -0.2) is 0 Å². The van der Waals surface area contributed by atoms with Crippen LogP contribution in [0.25, 0.3) is 11.0 Å². The van der Waals surface area contributed by atoms with E-state index in [1.54, 1.807) is 6.20 Å². The molecule has 0 radical (unpaired) electrons. The lowest BCUT2D eigenvalue weighted by Crippen LogP contribution is -2.21. The van der Waals surface area contributed by atoms with Crippen molar-refractivity contribution in [1.29, 1.82) is 0 Å². The summed E-state index contributed by atoms with van der Waals surface area (Å²) in [6.45, 7) is 2.96. The van der Waals surface area contributed by atoms with Gasteiger partial charge in [-0.05, 0) is 30.3 Å². The van der Waals surface area contributed by atoms with Gasteiger partial charge in [0.25, 0.3) is 0 Å². The van der Waals surface area contributed by atoms with Crippen molar-refractivity contribution in [3.05, 3.63) is 66.2 Å². The highest BCUT2D eigenvalue weighted by Gasteiger charge is 2.17. The number of hydrogen-bond donors (Lipinski definition) is 1. The van der Waals surface area contributed by atoms with Crippen LogP contribution in [0.4, 0.5) is 0 Å². The van der Waals surface area contributed by atoms with Crippen molar-refractivity contribution in [3.63, 3.8) is 0 Å². The van der Waals surface area contributed by atoms with Crippen molar-refractivity contribution in [3.8, 4) is 0 Å². The van der Waals surface area contributed by atoms with Crippen LogP contribution in [0.5, 0.6) is 0 Å². The number of furan rings is 1. The summed E-state index contributed by atoms with van der Waals surface area (Å²) in [5.74, 6) is 0.927. The Balaban J connectivity index is 2.04. The van der Waals surface area contributed by atoms with E-state index in [9.17, 15) is 0 Å². The molecule has 3 heteroatoms. The first-order chi connectivity index (χ1) is 9.38. The highest BCUT2D eigenvalue weighted by atomic mass is 16.3. The van der Waals surface area contributed by atoms with Crippen molar-refractivity contribution in [1.82, 2.24) is 10.3 Å². The van der Waals surface area contributed by atoms with E-state index in [0.29, 0.717) is 0 Å². The number of hydrogen-bond acceptors (Lipinski definition) is 3. The van der Waals surface area contributed by atoms with Crippen LogP contribution in [0, 0.1) is 0 Å². The molecule has 3 nitrogen and oxygen atoms in total. The van der Waals surface area contributed by atoms with E-state index < -0.39 is 0 Å². The van der Waals surface area contributed by atoms with E-state index >= 15 is 0 Å². The molecule has 1 N–H and O–H groups in total. The maximum absolute atomic E-state index is 5.95. The van der Waals surface area contributed by atoms with Crippen LogP contribution >= 0.6 is 0 Å². The van der Waals surface area contributed by atoms with Gasteiger partial charge in [-0.2, -0.15) is 0 Å². The summed E-state index contributed by atoms with van der Waals surface area (Å²) in [7, 11) is 0. The fourth-order valence-electron chi connectivity index (χ4n) is 2.28. The molecule has 3 rings (SSSR count). The van der Waals surface area contributed by atoms with Gasteiger partial charge in [0.15, 0.2) is 0 Å². The molecule has 1 atom stereocenters. The maximum Gasteiger partial charge on any atom is 0.134 e. The van der Waals surface area contributed by atoms with Crippen molar-refractivity contribution in [2.75, 3.05) is 6.54 Å². The summed E-state index contributed by atoms with van der Waals surface area (Å²) in [5.41, 5.74) is 2.03. The molecular formula is C16H16N2O. The average molecular weight is 252 g/mol. The van der Waals surface area contributed by atoms with Gasteiger partial charge in [-0.15, -0.1) is 0 Å². The minimum Gasteiger partial charge on any atom is -0.459 e. The van der Waals surface area contributed by atoms with E-state index in [0.717, 1.165) is 28.8 Å². The standard InChI is InChI=1S/C16H16N2O/c1-2-18-16(13-7-5-9-17-11-13)15-10-12-6-3-4-8-14(12)19-15/h3-11,16,18H,2H2,1H3. The zero-order valence-corrected chi connectivity index (χ0v) is 10.8. The number of nitrogens with zero attached hydrogens (tertiary/aromatic N) is 1. The number of fused-ring (bicyclic) bond motifs is 1. The summed E-state index contributed by atoms with van der Waals surface area (Å²) in [6, 6.07) is 14.2. The number of benzene rings is 1. The topological polar surface area (TPSA) is 38.1 Å². The van der Waals surface area contributed by atoms with Crippen LogP contribution in [-0.2, 0) is 0 Å². The third-order valence-electron chi connectivity index (χ3n) is 3.16. The highest BCUT2D eigenvalue weighted by Crippen LogP contribution is 2.27. The van der Waals surface area contributed by atoms with Gasteiger partial charge in [0.1, 0.15) is 11.3 Å². The van der Waals surface area contributed by atoms with Crippen molar-refractivity contribution >= 4 is 11.0 Å². The molecule has 0 fully saturated rings. The Labute approximate surface area is 112 Å². The van der Waals surface area contributed by atoms with Gasteiger partial charge in [-0.1, -0.05) is 31.2 Å². The van der Waals surface area contributed by atoms with Gasteiger partial charge in [0.2, 0.25) is 0 Å². The monoisotopic (exact) mass is 252 g/mol. The fraction of sp³-hybridized carbons (Fsp3) is 0.188. The number of pyridine rings is 1. The fourth-order valence-corrected chi connectivity index (χ4v) is 2.28. The smallest absolute Gasteiger partial charge is 0.134 e. The Bertz CT molecular complexity index is 628. The third-order valence-corrected chi connectivity index (χ3v) is 3.16. The highest BCUT2D eigenvalue weighted by molar-refractivity contribution is 5.77. The van der Waals surface area contributed by atoms with Crippen LogP contribution < -0.4 is 5.32 Å². The molecule has 0 bridgehead atoms. The van der Waals surface area contributed by atoms with Crippen molar-refractivity contribution in [2.45, 2.75) is 13.0 Å². The van der Waals surface area contributed by atoms with Crippen molar-refractivity contribution in [2.24, 2.45) is 0 Å². The Morgan fingerprint density at radius 1 is 1.21 bits per heavy atom. The van der Waals surface area contributed by atoms with Gasteiger partial charge in [0, 0.05) is 17.8 Å². The molecule has 1 unspecified atom stereocenters. The van der Waals surface area contributed by atoms with Crippen LogP contribution in [0.2, 0.25) is 0 Å². The van der Waals surface area contributed by atoms with Crippen LogP contribution in [0.3, 0.4) is 0 Å². The summed E-state index contributed by atoms with van der Waals surface area (Å²) in [4.78, 5) is 4.19.